The van der Waals surface area contributed by atoms with E-state index < -0.39 is 0 Å². The molecule has 2 rings (SSSR count). The maximum atomic E-state index is 5.65. The molecule has 0 aromatic carbocycles. The highest BCUT2D eigenvalue weighted by molar-refractivity contribution is 5.52. The molecular weight excluding hydrogens is 228 g/mol. The molecule has 0 radical (unpaired) electrons. The summed E-state index contributed by atoms with van der Waals surface area (Å²) in [7, 11) is 1.97. The fourth-order valence-corrected chi connectivity index (χ4v) is 1.58. The van der Waals surface area contributed by atoms with Gasteiger partial charge in [-0.3, -0.25) is 0 Å². The van der Waals surface area contributed by atoms with Gasteiger partial charge in [0, 0.05) is 19.4 Å². The average Bonchev–Trinajstić information content (AvgIpc) is 2.73. The van der Waals surface area contributed by atoms with E-state index >= 15 is 0 Å². The van der Waals surface area contributed by atoms with E-state index in [1.54, 1.807) is 12.5 Å². The Morgan fingerprint density at radius 2 is 2.28 bits per heavy atom. The zero-order chi connectivity index (χ0) is 13.0. The summed E-state index contributed by atoms with van der Waals surface area (Å²) in [5.74, 6) is 0.634. The summed E-state index contributed by atoms with van der Waals surface area (Å²) in [6, 6.07) is 3.85. The zero-order valence-corrected chi connectivity index (χ0v) is 10.9. The second kappa shape index (κ2) is 5.53. The minimum absolute atomic E-state index is 0.108. The fourth-order valence-electron chi connectivity index (χ4n) is 1.58. The van der Waals surface area contributed by atoms with Crippen molar-refractivity contribution in [2.45, 2.75) is 26.5 Å². The Labute approximate surface area is 107 Å². The normalized spacial score (nSPS) is 10.7. The van der Waals surface area contributed by atoms with Gasteiger partial charge in [-0.05, 0) is 26.0 Å². The van der Waals surface area contributed by atoms with Crippen molar-refractivity contribution < 1.29 is 4.74 Å². The molecular formula is C13H18N4O. The highest BCUT2D eigenvalue weighted by Crippen LogP contribution is 2.22. The maximum absolute atomic E-state index is 5.65. The second-order valence-electron chi connectivity index (χ2n) is 4.37. The molecule has 2 aromatic rings. The van der Waals surface area contributed by atoms with Crippen LogP contribution in [0.3, 0.4) is 0 Å². The molecule has 96 valence electrons. The third kappa shape index (κ3) is 3.00. The lowest BCUT2D eigenvalue weighted by Crippen LogP contribution is -2.10. The molecule has 0 saturated carbocycles. The van der Waals surface area contributed by atoms with Crippen LogP contribution in [0.15, 0.2) is 30.9 Å². The summed E-state index contributed by atoms with van der Waals surface area (Å²) in [6.07, 6.45) is 5.46. The van der Waals surface area contributed by atoms with Crippen molar-refractivity contribution in [1.29, 1.82) is 0 Å². The van der Waals surface area contributed by atoms with E-state index in [-0.39, 0.29) is 6.10 Å². The van der Waals surface area contributed by atoms with Crippen LogP contribution in [0.1, 0.15) is 19.5 Å². The van der Waals surface area contributed by atoms with Crippen molar-refractivity contribution >= 4 is 5.69 Å². The Balaban J connectivity index is 2.07. The van der Waals surface area contributed by atoms with Gasteiger partial charge >= 0.3 is 0 Å². The van der Waals surface area contributed by atoms with Crippen LogP contribution in [0.5, 0.6) is 5.88 Å². The first-order valence-corrected chi connectivity index (χ1v) is 5.97. The van der Waals surface area contributed by atoms with Gasteiger partial charge in [0.1, 0.15) is 0 Å². The van der Waals surface area contributed by atoms with Gasteiger partial charge in [-0.15, -0.1) is 0 Å². The molecule has 0 fully saturated rings. The molecule has 0 amide bonds. The summed E-state index contributed by atoms with van der Waals surface area (Å²) in [5.41, 5.74) is 2.00. The van der Waals surface area contributed by atoms with Gasteiger partial charge in [-0.2, -0.15) is 0 Å². The van der Waals surface area contributed by atoms with Gasteiger partial charge in [-0.1, -0.05) is 0 Å². The Morgan fingerprint density at radius 3 is 2.94 bits per heavy atom. The van der Waals surface area contributed by atoms with Crippen LogP contribution in [0, 0.1) is 0 Å². The monoisotopic (exact) mass is 246 g/mol. The number of imidazole rings is 1. The van der Waals surface area contributed by atoms with E-state index in [1.807, 2.05) is 43.8 Å². The van der Waals surface area contributed by atoms with Crippen molar-refractivity contribution in [3.8, 4) is 5.88 Å². The number of hydrogen-bond acceptors (Lipinski definition) is 4. The van der Waals surface area contributed by atoms with E-state index in [0.29, 0.717) is 12.4 Å². The number of nitrogens with zero attached hydrogens (tertiary/aromatic N) is 3. The minimum atomic E-state index is 0.108. The van der Waals surface area contributed by atoms with E-state index in [1.165, 1.54) is 0 Å². The average molecular weight is 246 g/mol. The molecule has 0 atom stereocenters. The molecule has 0 bridgehead atoms. The van der Waals surface area contributed by atoms with Crippen LogP contribution < -0.4 is 10.1 Å². The number of nitrogens with one attached hydrogen (secondary N) is 1. The second-order valence-corrected chi connectivity index (χ2v) is 4.37. The van der Waals surface area contributed by atoms with Gasteiger partial charge in [0.15, 0.2) is 0 Å². The summed E-state index contributed by atoms with van der Waals surface area (Å²) in [6.45, 7) is 4.66. The number of pyridine rings is 1. The first-order chi connectivity index (χ1) is 8.66. The Bertz CT molecular complexity index is 507. The van der Waals surface area contributed by atoms with Crippen LogP contribution >= 0.6 is 0 Å². The summed E-state index contributed by atoms with van der Waals surface area (Å²) in [4.78, 5) is 8.31. The molecule has 2 heterocycles. The summed E-state index contributed by atoms with van der Waals surface area (Å²) < 4.78 is 7.63. The van der Waals surface area contributed by atoms with Crippen molar-refractivity contribution in [2.75, 3.05) is 5.32 Å². The molecule has 18 heavy (non-hydrogen) atoms. The first kappa shape index (κ1) is 12.4. The third-order valence-electron chi connectivity index (χ3n) is 2.49. The van der Waals surface area contributed by atoms with Crippen molar-refractivity contribution in [3.05, 3.63) is 36.5 Å². The SMILES string of the molecule is CC(C)Oc1ncccc1NCc1cncn1C. The standard InChI is InChI=1S/C13H18N4O/c1-10(2)18-13-12(5-4-6-15-13)16-8-11-7-14-9-17(11)3/h4-7,9-10,16H,8H2,1-3H3. The molecule has 0 aliphatic rings. The molecule has 5 heteroatoms. The van der Waals surface area contributed by atoms with Crippen LogP contribution in [0.4, 0.5) is 5.69 Å². The van der Waals surface area contributed by atoms with Gasteiger partial charge in [-0.25, -0.2) is 9.97 Å². The number of hydrogen-bond donors (Lipinski definition) is 1. The smallest absolute Gasteiger partial charge is 0.237 e. The number of anilines is 1. The lowest BCUT2D eigenvalue weighted by molar-refractivity contribution is 0.234. The lowest BCUT2D eigenvalue weighted by atomic mass is 10.3. The van der Waals surface area contributed by atoms with Gasteiger partial charge in [0.25, 0.3) is 0 Å². The van der Waals surface area contributed by atoms with Crippen LogP contribution in [0.25, 0.3) is 0 Å². The maximum Gasteiger partial charge on any atom is 0.237 e. The first-order valence-electron chi connectivity index (χ1n) is 5.97. The zero-order valence-electron chi connectivity index (χ0n) is 10.9. The highest BCUT2D eigenvalue weighted by Gasteiger charge is 2.07. The molecule has 0 unspecified atom stereocenters. The fraction of sp³-hybridized carbons (Fsp3) is 0.385. The molecule has 5 nitrogen and oxygen atoms in total. The predicted molar refractivity (Wildman–Crippen MR) is 70.5 cm³/mol. The van der Waals surface area contributed by atoms with Crippen molar-refractivity contribution in [1.82, 2.24) is 14.5 Å². The largest absolute Gasteiger partial charge is 0.473 e. The molecule has 0 aliphatic carbocycles. The van der Waals surface area contributed by atoms with E-state index in [2.05, 4.69) is 15.3 Å². The molecule has 0 saturated heterocycles. The van der Waals surface area contributed by atoms with Gasteiger partial charge in [0.2, 0.25) is 5.88 Å². The van der Waals surface area contributed by atoms with Gasteiger partial charge < -0.3 is 14.6 Å². The van der Waals surface area contributed by atoms with Gasteiger partial charge in [0.05, 0.1) is 30.4 Å². The predicted octanol–water partition coefficient (Wildman–Crippen LogP) is 2.21. The lowest BCUT2D eigenvalue weighted by Gasteiger charge is -2.14. The minimum Gasteiger partial charge on any atom is -0.473 e. The number of aryl methyl sites for hydroxylation is 1. The third-order valence-corrected chi connectivity index (χ3v) is 2.49. The molecule has 2 aromatic heterocycles. The van der Waals surface area contributed by atoms with Crippen molar-refractivity contribution in [2.24, 2.45) is 7.05 Å². The number of ether oxygens (including phenoxy) is 1. The molecule has 0 spiro atoms. The van der Waals surface area contributed by atoms with Crippen LogP contribution in [-0.2, 0) is 13.6 Å². The Morgan fingerprint density at radius 1 is 1.44 bits per heavy atom. The number of aromatic nitrogens is 3. The highest BCUT2D eigenvalue weighted by atomic mass is 16.5. The molecule has 1 N–H and O–H groups in total. The van der Waals surface area contributed by atoms with Crippen LogP contribution in [0.2, 0.25) is 0 Å². The summed E-state index contributed by atoms with van der Waals surface area (Å²) in [5, 5.41) is 3.31. The topological polar surface area (TPSA) is 52.0 Å². The van der Waals surface area contributed by atoms with Crippen molar-refractivity contribution in [3.63, 3.8) is 0 Å². The Kier molecular flexibility index (Phi) is 3.82. The van der Waals surface area contributed by atoms with E-state index in [4.69, 9.17) is 4.74 Å². The number of rotatable bonds is 5. The quantitative estimate of drug-likeness (QED) is 0.878. The van der Waals surface area contributed by atoms with E-state index in [9.17, 15) is 0 Å². The molecule has 0 aliphatic heterocycles. The Hall–Kier alpha value is -2.04. The van der Waals surface area contributed by atoms with E-state index in [0.717, 1.165) is 11.4 Å². The van der Waals surface area contributed by atoms with Crippen LogP contribution in [-0.4, -0.2) is 20.6 Å². The summed E-state index contributed by atoms with van der Waals surface area (Å²) >= 11 is 0.